The number of rotatable bonds is 6. The van der Waals surface area contributed by atoms with Crippen LogP contribution in [0.4, 0.5) is 11.4 Å². The van der Waals surface area contributed by atoms with Crippen LogP contribution in [-0.2, 0) is 0 Å². The van der Waals surface area contributed by atoms with Crippen LogP contribution < -0.4 is 10.6 Å². The van der Waals surface area contributed by atoms with E-state index in [1.807, 2.05) is 6.07 Å². The second kappa shape index (κ2) is 7.95. The number of anilines is 2. The molecule has 0 atom stereocenters. The molecule has 0 spiro atoms. The fourth-order valence-corrected chi connectivity index (χ4v) is 2.00. The molecule has 0 radical (unpaired) electrons. The molecule has 2 rings (SSSR count). The maximum atomic E-state index is 12.3. The molecule has 0 bridgehead atoms. The number of pyridine rings is 1. The molecule has 5 heteroatoms. The molecule has 0 saturated heterocycles. The van der Waals surface area contributed by atoms with E-state index in [-0.39, 0.29) is 5.91 Å². The van der Waals surface area contributed by atoms with Crippen molar-refractivity contribution < 1.29 is 4.79 Å². The molecule has 2 aromatic rings. The van der Waals surface area contributed by atoms with Crippen molar-refractivity contribution in [2.24, 2.45) is 5.92 Å². The van der Waals surface area contributed by atoms with Crippen molar-refractivity contribution in [3.63, 3.8) is 0 Å². The number of nitrogens with zero attached hydrogens (tertiary/aromatic N) is 2. The molecule has 1 amide bonds. The third kappa shape index (κ3) is 5.11. The van der Waals surface area contributed by atoms with Gasteiger partial charge in [-0.15, -0.1) is 0 Å². The van der Waals surface area contributed by atoms with E-state index < -0.39 is 0 Å². The van der Waals surface area contributed by atoms with E-state index in [4.69, 9.17) is 5.26 Å². The van der Waals surface area contributed by atoms with E-state index in [2.05, 4.69) is 29.5 Å². The molecular weight excluding hydrogens is 288 g/mol. The van der Waals surface area contributed by atoms with Crippen LogP contribution in [-0.4, -0.2) is 17.4 Å². The molecule has 1 aromatic carbocycles. The van der Waals surface area contributed by atoms with E-state index in [1.165, 1.54) is 6.20 Å². The van der Waals surface area contributed by atoms with Crippen molar-refractivity contribution in [2.75, 3.05) is 17.2 Å². The smallest absolute Gasteiger partial charge is 0.257 e. The van der Waals surface area contributed by atoms with Crippen LogP contribution in [0.15, 0.2) is 42.7 Å². The second-order valence-electron chi connectivity index (χ2n) is 5.71. The number of nitriles is 1. The summed E-state index contributed by atoms with van der Waals surface area (Å²) in [4.78, 5) is 16.4. The van der Waals surface area contributed by atoms with E-state index >= 15 is 0 Å². The van der Waals surface area contributed by atoms with Gasteiger partial charge in [0.05, 0.1) is 22.9 Å². The zero-order valence-electron chi connectivity index (χ0n) is 13.3. The molecule has 0 unspecified atom stereocenters. The molecule has 23 heavy (non-hydrogen) atoms. The number of nitrogens with one attached hydrogen (secondary N) is 2. The van der Waals surface area contributed by atoms with Gasteiger partial charge in [-0.05, 0) is 42.7 Å². The largest absolute Gasteiger partial charge is 0.384 e. The number of benzene rings is 1. The van der Waals surface area contributed by atoms with Gasteiger partial charge in [0, 0.05) is 24.6 Å². The van der Waals surface area contributed by atoms with E-state index in [0.29, 0.717) is 22.7 Å². The fraction of sp³-hybridized carbons (Fsp3) is 0.278. The number of hydrogen-bond acceptors (Lipinski definition) is 4. The highest BCUT2D eigenvalue weighted by atomic mass is 16.1. The Morgan fingerprint density at radius 2 is 1.96 bits per heavy atom. The first-order valence-corrected chi connectivity index (χ1v) is 7.59. The van der Waals surface area contributed by atoms with Crippen molar-refractivity contribution in [2.45, 2.75) is 20.3 Å². The van der Waals surface area contributed by atoms with Crippen LogP contribution in [0.5, 0.6) is 0 Å². The van der Waals surface area contributed by atoms with Crippen LogP contribution in [0, 0.1) is 17.2 Å². The van der Waals surface area contributed by atoms with Gasteiger partial charge in [0.2, 0.25) is 0 Å². The predicted molar refractivity (Wildman–Crippen MR) is 91.3 cm³/mol. The Kier molecular flexibility index (Phi) is 5.70. The summed E-state index contributed by atoms with van der Waals surface area (Å²) in [5, 5.41) is 14.8. The summed E-state index contributed by atoms with van der Waals surface area (Å²) in [5.74, 6) is 0.396. The summed E-state index contributed by atoms with van der Waals surface area (Å²) in [7, 11) is 0. The fourth-order valence-electron chi connectivity index (χ4n) is 2.00. The molecular formula is C18H20N4O. The molecule has 1 aromatic heterocycles. The zero-order valence-corrected chi connectivity index (χ0v) is 13.3. The highest BCUT2D eigenvalue weighted by Gasteiger charge is 2.08. The number of amides is 1. The Balaban J connectivity index is 1.99. The van der Waals surface area contributed by atoms with E-state index in [9.17, 15) is 4.79 Å². The molecule has 1 heterocycles. The molecule has 2 N–H and O–H groups in total. The Labute approximate surface area is 136 Å². The van der Waals surface area contributed by atoms with Gasteiger partial charge in [0.1, 0.15) is 0 Å². The SMILES string of the molecule is CC(C)CCNc1cncc(C(=O)Nc2ccc(C#N)cc2)c1. The lowest BCUT2D eigenvalue weighted by molar-refractivity contribution is 0.102. The van der Waals surface area contributed by atoms with Crippen LogP contribution in [0.2, 0.25) is 0 Å². The molecule has 5 nitrogen and oxygen atoms in total. The predicted octanol–water partition coefficient (Wildman–Crippen LogP) is 3.66. The van der Waals surface area contributed by atoms with Gasteiger partial charge in [-0.3, -0.25) is 9.78 Å². The lowest BCUT2D eigenvalue weighted by Crippen LogP contribution is -2.13. The number of hydrogen-bond donors (Lipinski definition) is 2. The van der Waals surface area contributed by atoms with Gasteiger partial charge in [0.15, 0.2) is 0 Å². The van der Waals surface area contributed by atoms with Crippen molar-refractivity contribution >= 4 is 17.3 Å². The van der Waals surface area contributed by atoms with Crippen molar-refractivity contribution in [3.8, 4) is 6.07 Å². The minimum atomic E-state index is -0.227. The lowest BCUT2D eigenvalue weighted by Gasteiger charge is -2.10. The summed E-state index contributed by atoms with van der Waals surface area (Å²) in [6, 6.07) is 10.6. The zero-order chi connectivity index (χ0) is 16.7. The topological polar surface area (TPSA) is 77.8 Å². The van der Waals surface area contributed by atoms with Crippen molar-refractivity contribution in [1.29, 1.82) is 5.26 Å². The number of aromatic nitrogens is 1. The molecule has 118 valence electrons. The highest BCUT2D eigenvalue weighted by Crippen LogP contribution is 2.13. The maximum Gasteiger partial charge on any atom is 0.257 e. The minimum absolute atomic E-state index is 0.227. The van der Waals surface area contributed by atoms with Gasteiger partial charge in [-0.1, -0.05) is 13.8 Å². The summed E-state index contributed by atoms with van der Waals surface area (Å²) in [6.07, 6.45) is 4.30. The highest BCUT2D eigenvalue weighted by molar-refractivity contribution is 6.04. The molecule has 0 saturated carbocycles. The summed E-state index contributed by atoms with van der Waals surface area (Å²) in [6.45, 7) is 5.18. The first-order valence-electron chi connectivity index (χ1n) is 7.59. The van der Waals surface area contributed by atoms with Crippen molar-refractivity contribution in [3.05, 3.63) is 53.9 Å². The second-order valence-corrected chi connectivity index (χ2v) is 5.71. The molecule has 0 aliphatic rings. The van der Waals surface area contributed by atoms with Gasteiger partial charge < -0.3 is 10.6 Å². The Morgan fingerprint density at radius 3 is 2.61 bits per heavy atom. The molecule has 0 fully saturated rings. The normalized spacial score (nSPS) is 10.2. The van der Waals surface area contributed by atoms with Gasteiger partial charge in [0.25, 0.3) is 5.91 Å². The van der Waals surface area contributed by atoms with Crippen molar-refractivity contribution in [1.82, 2.24) is 4.98 Å². The standard InChI is InChI=1S/C18H20N4O/c1-13(2)7-8-21-17-9-15(11-20-12-17)18(23)22-16-5-3-14(10-19)4-6-16/h3-6,9,11-13,21H,7-8H2,1-2H3,(H,22,23). The van der Waals surface area contributed by atoms with Gasteiger partial charge in [-0.25, -0.2) is 0 Å². The van der Waals surface area contributed by atoms with Gasteiger partial charge >= 0.3 is 0 Å². The third-order valence-electron chi connectivity index (χ3n) is 3.32. The monoisotopic (exact) mass is 308 g/mol. The van der Waals surface area contributed by atoms with Crippen LogP contribution >= 0.6 is 0 Å². The third-order valence-corrected chi connectivity index (χ3v) is 3.32. The first kappa shape index (κ1) is 16.5. The lowest BCUT2D eigenvalue weighted by atomic mass is 10.1. The Morgan fingerprint density at radius 1 is 1.22 bits per heavy atom. The Bertz CT molecular complexity index is 702. The average molecular weight is 308 g/mol. The number of carbonyl (C=O) groups is 1. The first-order chi connectivity index (χ1) is 11.1. The van der Waals surface area contributed by atoms with Crippen LogP contribution in [0.3, 0.4) is 0 Å². The van der Waals surface area contributed by atoms with Crippen LogP contribution in [0.1, 0.15) is 36.2 Å². The summed E-state index contributed by atoms with van der Waals surface area (Å²) < 4.78 is 0. The quantitative estimate of drug-likeness (QED) is 0.853. The number of carbonyl (C=O) groups excluding carboxylic acids is 1. The maximum absolute atomic E-state index is 12.3. The summed E-state index contributed by atoms with van der Waals surface area (Å²) in [5.41, 5.74) is 2.52. The van der Waals surface area contributed by atoms with Crippen LogP contribution in [0.25, 0.3) is 0 Å². The molecule has 0 aliphatic carbocycles. The Hall–Kier alpha value is -2.87. The summed E-state index contributed by atoms with van der Waals surface area (Å²) >= 11 is 0. The average Bonchev–Trinajstić information content (AvgIpc) is 2.55. The van der Waals surface area contributed by atoms with E-state index in [1.54, 1.807) is 36.5 Å². The van der Waals surface area contributed by atoms with E-state index in [0.717, 1.165) is 18.7 Å². The molecule has 0 aliphatic heterocycles. The van der Waals surface area contributed by atoms with Gasteiger partial charge in [-0.2, -0.15) is 5.26 Å². The minimum Gasteiger partial charge on any atom is -0.384 e.